The van der Waals surface area contributed by atoms with Crippen molar-refractivity contribution in [3.8, 4) is 0 Å². The van der Waals surface area contributed by atoms with Crippen molar-refractivity contribution in [2.24, 2.45) is 0 Å². The van der Waals surface area contributed by atoms with E-state index < -0.39 is 0 Å². The lowest BCUT2D eigenvalue weighted by atomic mass is 11.1. The topological polar surface area (TPSA) is 24.1 Å². The van der Waals surface area contributed by atoms with Crippen LogP contribution >= 0.6 is 0 Å². The lowest BCUT2D eigenvalue weighted by Gasteiger charge is -1.87. The van der Waals surface area contributed by atoms with E-state index in [1.807, 2.05) is 0 Å². The molecular formula is C3H8N2. The third-order valence-electron chi connectivity index (χ3n) is 0.246. The van der Waals surface area contributed by atoms with Crippen molar-refractivity contribution in [2.45, 2.75) is 0 Å². The lowest BCUT2D eigenvalue weighted by molar-refractivity contribution is 0.732. The summed E-state index contributed by atoms with van der Waals surface area (Å²) in [5.41, 5.74) is 5.27. The van der Waals surface area contributed by atoms with Crippen LogP contribution in [0.1, 0.15) is 0 Å². The fourth-order valence-electron chi connectivity index (χ4n) is 0.102. The van der Waals surface area contributed by atoms with Gasteiger partial charge in [-0.2, -0.15) is 0 Å². The Hall–Kier alpha value is -0.500. The highest BCUT2D eigenvalue weighted by Crippen LogP contribution is 1.34. The molecule has 2 nitrogen and oxygen atoms in total. The molecule has 0 radical (unpaired) electrons. The van der Waals surface area contributed by atoms with E-state index in [4.69, 9.17) is 0 Å². The second-order valence-electron chi connectivity index (χ2n) is 0.598. The van der Waals surface area contributed by atoms with Gasteiger partial charge in [-0.25, -0.2) is 5.43 Å². The molecule has 2 heteroatoms. The fourth-order valence-corrected chi connectivity index (χ4v) is 0.102. The minimum Gasteiger partial charge on any atom is -0.330 e. The van der Waals surface area contributed by atoms with Crippen LogP contribution in [0, 0.1) is 0 Å². The maximum absolute atomic E-state index is 3.38. The molecule has 0 fully saturated rings. The second kappa shape index (κ2) is 3.50. The van der Waals surface area contributed by atoms with Crippen molar-refractivity contribution in [1.82, 2.24) is 10.9 Å². The molecule has 0 bridgehead atoms. The summed E-state index contributed by atoms with van der Waals surface area (Å²) in [6, 6.07) is 0. The van der Waals surface area contributed by atoms with Gasteiger partial charge in [0, 0.05) is 13.2 Å². The molecule has 5 heavy (non-hydrogen) atoms. The maximum Gasteiger partial charge on any atom is 0.00529 e. The predicted octanol–water partition coefficient (Wildman–Crippen LogP) is -0.146. The molecule has 0 aliphatic carbocycles. The van der Waals surface area contributed by atoms with E-state index in [0.29, 0.717) is 0 Å². The summed E-state index contributed by atoms with van der Waals surface area (Å²) in [5.74, 6) is 0. The van der Waals surface area contributed by atoms with Crippen molar-refractivity contribution in [1.29, 1.82) is 0 Å². The molecule has 2 N–H and O–H groups in total. The van der Waals surface area contributed by atoms with Crippen LogP contribution in [0.3, 0.4) is 0 Å². The molecule has 0 atom stereocenters. The van der Waals surface area contributed by atoms with Crippen molar-refractivity contribution in [2.75, 3.05) is 7.05 Å². The summed E-state index contributed by atoms with van der Waals surface area (Å²) in [6.07, 6.45) is 1.57. The molecule has 0 aromatic carbocycles. The summed E-state index contributed by atoms with van der Waals surface area (Å²) >= 11 is 0. The van der Waals surface area contributed by atoms with Gasteiger partial charge in [0.15, 0.2) is 0 Å². The zero-order valence-corrected chi connectivity index (χ0v) is 3.28. The molecule has 0 amide bonds. The minimum atomic E-state index is 1.57. The van der Waals surface area contributed by atoms with Crippen LogP contribution in [0.4, 0.5) is 0 Å². The van der Waals surface area contributed by atoms with Crippen molar-refractivity contribution >= 4 is 0 Å². The Morgan fingerprint density at radius 3 is 2.40 bits per heavy atom. The van der Waals surface area contributed by atoms with Crippen LogP contribution in [0.25, 0.3) is 0 Å². The first kappa shape index (κ1) is 4.50. The van der Waals surface area contributed by atoms with E-state index in [2.05, 4.69) is 17.4 Å². The highest BCUT2D eigenvalue weighted by molar-refractivity contribution is 4.55. The number of hydrogen-bond donors (Lipinski definition) is 2. The Kier molecular flexibility index (Phi) is 3.15. The predicted molar refractivity (Wildman–Crippen MR) is 22.4 cm³/mol. The lowest BCUT2D eigenvalue weighted by Crippen LogP contribution is -2.19. The molecular weight excluding hydrogens is 64.0 g/mol. The molecule has 0 saturated heterocycles. The summed E-state index contributed by atoms with van der Waals surface area (Å²) < 4.78 is 0. The number of hydrogen-bond acceptors (Lipinski definition) is 2. The molecule has 0 aromatic rings. The number of hydrazine groups is 1. The van der Waals surface area contributed by atoms with Crippen LogP contribution < -0.4 is 10.9 Å². The SMILES string of the molecule is C=CNNC. The molecule has 0 heterocycles. The van der Waals surface area contributed by atoms with Gasteiger partial charge < -0.3 is 5.43 Å². The molecule has 0 aromatic heterocycles. The normalized spacial score (nSPS) is 6.60. The van der Waals surface area contributed by atoms with E-state index in [-0.39, 0.29) is 0 Å². The van der Waals surface area contributed by atoms with Gasteiger partial charge in [0.25, 0.3) is 0 Å². The third kappa shape index (κ3) is 3.50. The van der Waals surface area contributed by atoms with E-state index in [0.717, 1.165) is 0 Å². The van der Waals surface area contributed by atoms with Gasteiger partial charge >= 0.3 is 0 Å². The van der Waals surface area contributed by atoms with Gasteiger partial charge in [0.2, 0.25) is 0 Å². The van der Waals surface area contributed by atoms with Gasteiger partial charge in [-0.1, -0.05) is 6.58 Å². The quantitative estimate of drug-likeness (QED) is 0.443. The molecule has 0 aliphatic rings. The smallest absolute Gasteiger partial charge is 0.00529 e. The van der Waals surface area contributed by atoms with Gasteiger partial charge in [0.1, 0.15) is 0 Å². The summed E-state index contributed by atoms with van der Waals surface area (Å²) in [7, 11) is 1.78. The third-order valence-corrected chi connectivity index (χ3v) is 0.246. The monoisotopic (exact) mass is 72.1 g/mol. The van der Waals surface area contributed by atoms with Gasteiger partial charge in [-0.3, -0.25) is 0 Å². The molecule has 0 aliphatic heterocycles. The highest BCUT2D eigenvalue weighted by atomic mass is 15.3. The van der Waals surface area contributed by atoms with Crippen LogP contribution in [0.15, 0.2) is 12.8 Å². The van der Waals surface area contributed by atoms with Crippen LogP contribution in [0.2, 0.25) is 0 Å². The van der Waals surface area contributed by atoms with E-state index in [9.17, 15) is 0 Å². The largest absolute Gasteiger partial charge is 0.330 e. The first-order valence-electron chi connectivity index (χ1n) is 1.45. The minimum absolute atomic E-state index is 1.57. The molecule has 30 valence electrons. The maximum atomic E-state index is 3.38. The first-order valence-corrected chi connectivity index (χ1v) is 1.45. The zero-order valence-electron chi connectivity index (χ0n) is 3.28. The zero-order chi connectivity index (χ0) is 4.12. The summed E-state index contributed by atoms with van der Waals surface area (Å²) in [5, 5.41) is 0. The summed E-state index contributed by atoms with van der Waals surface area (Å²) in [6.45, 7) is 3.38. The Balaban J connectivity index is 2.40. The van der Waals surface area contributed by atoms with Gasteiger partial charge in [0.05, 0.1) is 0 Å². The second-order valence-corrected chi connectivity index (χ2v) is 0.598. The Labute approximate surface area is 31.8 Å². The van der Waals surface area contributed by atoms with E-state index >= 15 is 0 Å². The summed E-state index contributed by atoms with van der Waals surface area (Å²) in [4.78, 5) is 0. The van der Waals surface area contributed by atoms with Crippen LogP contribution in [-0.4, -0.2) is 7.05 Å². The Morgan fingerprint density at radius 2 is 2.40 bits per heavy atom. The van der Waals surface area contributed by atoms with Crippen molar-refractivity contribution < 1.29 is 0 Å². The van der Waals surface area contributed by atoms with Crippen LogP contribution in [0.5, 0.6) is 0 Å². The van der Waals surface area contributed by atoms with Crippen LogP contribution in [-0.2, 0) is 0 Å². The van der Waals surface area contributed by atoms with Gasteiger partial charge in [-0.05, 0) is 0 Å². The van der Waals surface area contributed by atoms with E-state index in [1.165, 1.54) is 0 Å². The standard InChI is InChI=1S/C3H8N2/c1-3-5-4-2/h3-5H,1H2,2H3. The van der Waals surface area contributed by atoms with Gasteiger partial charge in [-0.15, -0.1) is 0 Å². The molecule has 0 rings (SSSR count). The molecule has 0 spiro atoms. The fraction of sp³-hybridized carbons (Fsp3) is 0.333. The highest BCUT2D eigenvalue weighted by Gasteiger charge is 1.49. The number of rotatable bonds is 2. The van der Waals surface area contributed by atoms with E-state index in [1.54, 1.807) is 13.2 Å². The molecule has 0 unspecified atom stereocenters. The average Bonchev–Trinajstić information content (AvgIpc) is 1.41. The average molecular weight is 72.1 g/mol. The first-order chi connectivity index (χ1) is 2.41. The van der Waals surface area contributed by atoms with Crippen molar-refractivity contribution in [3.05, 3.63) is 12.8 Å². The Bertz CT molecular complexity index is 26.1. The Morgan fingerprint density at radius 1 is 1.80 bits per heavy atom. The molecule has 0 saturated carbocycles. The van der Waals surface area contributed by atoms with Crippen molar-refractivity contribution in [3.63, 3.8) is 0 Å². The number of nitrogens with one attached hydrogen (secondary N) is 2.